The lowest BCUT2D eigenvalue weighted by molar-refractivity contribution is -0.384. The molecule has 110 valence electrons. The number of hydrogen-bond donors (Lipinski definition) is 1. The number of benzene rings is 1. The van der Waals surface area contributed by atoms with Crippen LogP contribution < -0.4 is 10.2 Å². The maximum absolute atomic E-state index is 12.3. The summed E-state index contributed by atoms with van der Waals surface area (Å²) >= 11 is 0. The molecular weight excluding hydrogens is 278 g/mol. The van der Waals surface area contributed by atoms with Crippen LogP contribution in [0.4, 0.5) is 16.2 Å². The van der Waals surface area contributed by atoms with E-state index in [0.29, 0.717) is 0 Å². The number of urea groups is 1. The van der Waals surface area contributed by atoms with Crippen LogP contribution in [0.5, 0.6) is 0 Å². The monoisotopic (exact) mass is 291 g/mol. The van der Waals surface area contributed by atoms with E-state index >= 15 is 0 Å². The number of hydrogen-bond acceptors (Lipinski definition) is 5. The van der Waals surface area contributed by atoms with Crippen LogP contribution in [0, 0.1) is 22.0 Å². The fourth-order valence-corrected chi connectivity index (χ4v) is 2.17. The van der Waals surface area contributed by atoms with Crippen molar-refractivity contribution in [2.24, 2.45) is 11.8 Å². The van der Waals surface area contributed by atoms with Gasteiger partial charge in [0.05, 0.1) is 10.6 Å². The molecule has 8 heteroatoms. The molecule has 0 saturated carbocycles. The largest absolute Gasteiger partial charge is 0.335 e. The van der Waals surface area contributed by atoms with Crippen LogP contribution in [0.1, 0.15) is 13.8 Å². The molecule has 0 radical (unpaired) electrons. The lowest BCUT2D eigenvalue weighted by Gasteiger charge is -2.31. The number of carbonyl (C=O) groups excluding carboxylic acids is 3. The second kappa shape index (κ2) is 5.31. The van der Waals surface area contributed by atoms with E-state index in [4.69, 9.17) is 0 Å². The number of imide groups is 2. The Morgan fingerprint density at radius 1 is 1.29 bits per heavy atom. The highest BCUT2D eigenvalue weighted by Crippen LogP contribution is 2.27. The topological polar surface area (TPSA) is 110 Å². The average molecular weight is 291 g/mol. The molecule has 1 aliphatic heterocycles. The van der Waals surface area contributed by atoms with Gasteiger partial charge in [0.1, 0.15) is 5.92 Å². The minimum absolute atomic E-state index is 0.0600. The van der Waals surface area contributed by atoms with Gasteiger partial charge in [-0.2, -0.15) is 0 Å². The van der Waals surface area contributed by atoms with Gasteiger partial charge in [-0.25, -0.2) is 9.69 Å². The first-order valence-electron chi connectivity index (χ1n) is 6.26. The quantitative estimate of drug-likeness (QED) is 0.515. The lowest BCUT2D eigenvalue weighted by Crippen LogP contribution is -2.59. The third-order valence-corrected chi connectivity index (χ3v) is 3.17. The number of anilines is 1. The van der Waals surface area contributed by atoms with Crippen molar-refractivity contribution in [1.82, 2.24) is 5.32 Å². The molecule has 1 heterocycles. The Bertz CT molecular complexity index is 640. The zero-order valence-corrected chi connectivity index (χ0v) is 11.4. The van der Waals surface area contributed by atoms with E-state index in [0.717, 1.165) is 11.0 Å². The average Bonchev–Trinajstić information content (AvgIpc) is 2.37. The number of nitro groups is 1. The van der Waals surface area contributed by atoms with Crippen molar-refractivity contribution in [3.8, 4) is 0 Å². The van der Waals surface area contributed by atoms with Crippen molar-refractivity contribution < 1.29 is 19.3 Å². The molecule has 1 unspecified atom stereocenters. The highest BCUT2D eigenvalue weighted by Gasteiger charge is 2.42. The first-order chi connectivity index (χ1) is 9.82. The second-order valence-corrected chi connectivity index (χ2v) is 4.97. The molecule has 1 aromatic rings. The third-order valence-electron chi connectivity index (χ3n) is 3.17. The van der Waals surface area contributed by atoms with E-state index in [1.165, 1.54) is 18.2 Å². The van der Waals surface area contributed by atoms with Crippen LogP contribution in [0.3, 0.4) is 0 Å². The fourth-order valence-electron chi connectivity index (χ4n) is 2.17. The zero-order chi connectivity index (χ0) is 15.7. The van der Waals surface area contributed by atoms with Crippen molar-refractivity contribution in [2.45, 2.75) is 13.8 Å². The Balaban J connectivity index is 2.44. The first-order valence-corrected chi connectivity index (χ1v) is 6.26. The van der Waals surface area contributed by atoms with E-state index in [1.54, 1.807) is 13.8 Å². The molecule has 4 amide bonds. The number of rotatable bonds is 3. The summed E-state index contributed by atoms with van der Waals surface area (Å²) in [7, 11) is 0. The molecule has 1 atom stereocenters. The number of nitro benzene ring substituents is 1. The Morgan fingerprint density at radius 2 is 1.95 bits per heavy atom. The number of nitrogens with one attached hydrogen (secondary N) is 1. The summed E-state index contributed by atoms with van der Waals surface area (Å²) in [5.41, 5.74) is -0.184. The lowest BCUT2D eigenvalue weighted by atomic mass is 9.92. The maximum Gasteiger partial charge on any atom is 0.335 e. The van der Waals surface area contributed by atoms with Crippen molar-refractivity contribution in [3.05, 3.63) is 34.4 Å². The number of non-ortho nitro benzene ring substituents is 1. The van der Waals surface area contributed by atoms with Crippen LogP contribution in [-0.4, -0.2) is 22.8 Å². The van der Waals surface area contributed by atoms with Gasteiger partial charge in [-0.1, -0.05) is 19.9 Å². The first kappa shape index (κ1) is 14.6. The van der Waals surface area contributed by atoms with Gasteiger partial charge in [-0.3, -0.25) is 25.0 Å². The van der Waals surface area contributed by atoms with E-state index in [-0.39, 0.29) is 17.3 Å². The smallest absolute Gasteiger partial charge is 0.277 e. The maximum atomic E-state index is 12.3. The highest BCUT2D eigenvalue weighted by atomic mass is 16.6. The Hall–Kier alpha value is -2.77. The molecule has 21 heavy (non-hydrogen) atoms. The third kappa shape index (κ3) is 2.60. The fraction of sp³-hybridized carbons (Fsp3) is 0.308. The van der Waals surface area contributed by atoms with Crippen molar-refractivity contribution in [3.63, 3.8) is 0 Å². The number of carbonyl (C=O) groups is 3. The van der Waals surface area contributed by atoms with Gasteiger partial charge >= 0.3 is 6.03 Å². The molecule has 0 aliphatic carbocycles. The van der Waals surface area contributed by atoms with Crippen molar-refractivity contribution in [1.29, 1.82) is 0 Å². The Labute approximate surface area is 119 Å². The molecule has 0 bridgehead atoms. The summed E-state index contributed by atoms with van der Waals surface area (Å²) in [6, 6.07) is 4.24. The predicted octanol–water partition coefficient (Wildman–Crippen LogP) is 1.45. The van der Waals surface area contributed by atoms with Crippen LogP contribution in [0.2, 0.25) is 0 Å². The van der Waals surface area contributed by atoms with Crippen LogP contribution in [-0.2, 0) is 9.59 Å². The summed E-state index contributed by atoms with van der Waals surface area (Å²) < 4.78 is 0. The molecule has 1 N–H and O–H groups in total. The van der Waals surface area contributed by atoms with Crippen molar-refractivity contribution in [2.75, 3.05) is 4.90 Å². The summed E-state index contributed by atoms with van der Waals surface area (Å²) in [6.07, 6.45) is 0. The standard InChI is InChI=1S/C13H13N3O5/c1-7(2)10-11(17)14-13(19)15(12(10)18)8-4-3-5-9(6-8)16(20)21/h3-7,10H,1-2H3,(H,14,17,19). The van der Waals surface area contributed by atoms with Crippen LogP contribution in [0.15, 0.2) is 24.3 Å². The Kier molecular flexibility index (Phi) is 3.70. The van der Waals surface area contributed by atoms with Gasteiger partial charge in [0.25, 0.3) is 5.69 Å². The summed E-state index contributed by atoms with van der Waals surface area (Å²) in [5.74, 6) is -2.63. The minimum atomic E-state index is -0.998. The van der Waals surface area contributed by atoms with Gasteiger partial charge in [-0.15, -0.1) is 0 Å². The van der Waals surface area contributed by atoms with Gasteiger partial charge in [0.2, 0.25) is 11.8 Å². The van der Waals surface area contributed by atoms with Gasteiger partial charge < -0.3 is 0 Å². The molecule has 0 spiro atoms. The van der Waals surface area contributed by atoms with E-state index in [9.17, 15) is 24.5 Å². The van der Waals surface area contributed by atoms with Gasteiger partial charge in [-0.05, 0) is 12.0 Å². The Morgan fingerprint density at radius 3 is 2.52 bits per heavy atom. The number of amides is 4. The normalized spacial score (nSPS) is 18.9. The van der Waals surface area contributed by atoms with Gasteiger partial charge in [0.15, 0.2) is 0 Å². The molecule has 1 saturated heterocycles. The summed E-state index contributed by atoms with van der Waals surface area (Å²) in [5, 5.41) is 12.9. The van der Waals surface area contributed by atoms with E-state index in [2.05, 4.69) is 5.32 Å². The summed E-state index contributed by atoms with van der Waals surface area (Å²) in [6.45, 7) is 3.37. The van der Waals surface area contributed by atoms with Gasteiger partial charge in [0, 0.05) is 12.1 Å². The molecule has 2 rings (SSSR count). The summed E-state index contributed by atoms with van der Waals surface area (Å²) in [4.78, 5) is 46.8. The predicted molar refractivity (Wildman–Crippen MR) is 72.4 cm³/mol. The van der Waals surface area contributed by atoms with Crippen LogP contribution in [0.25, 0.3) is 0 Å². The van der Waals surface area contributed by atoms with E-state index < -0.39 is 28.7 Å². The zero-order valence-electron chi connectivity index (χ0n) is 11.4. The molecule has 1 fully saturated rings. The molecule has 8 nitrogen and oxygen atoms in total. The molecule has 1 aliphatic rings. The molecule has 0 aromatic heterocycles. The van der Waals surface area contributed by atoms with Crippen molar-refractivity contribution >= 4 is 29.2 Å². The van der Waals surface area contributed by atoms with E-state index in [1.807, 2.05) is 0 Å². The molecule has 1 aromatic carbocycles. The SMILES string of the molecule is CC(C)C1C(=O)NC(=O)N(c2cccc([N+](=O)[O-])c2)C1=O. The molecular formula is C13H13N3O5. The highest BCUT2D eigenvalue weighted by molar-refractivity contribution is 6.27. The number of barbiturate groups is 1. The number of nitrogens with zero attached hydrogens (tertiary/aromatic N) is 2. The second-order valence-electron chi connectivity index (χ2n) is 4.97. The van der Waals surface area contributed by atoms with Crippen LogP contribution >= 0.6 is 0 Å². The minimum Gasteiger partial charge on any atom is -0.277 e.